The average molecular weight is 657 g/mol. The number of methoxy groups -OCH3 is 1. The Bertz CT molecular complexity index is 1970. The van der Waals surface area contributed by atoms with Crippen molar-refractivity contribution in [2.75, 3.05) is 26.9 Å². The zero-order valence-corrected chi connectivity index (χ0v) is 27.7. The smallest absolute Gasteiger partial charge is 0.338 e. The van der Waals surface area contributed by atoms with Gasteiger partial charge < -0.3 is 23.7 Å². The van der Waals surface area contributed by atoms with Gasteiger partial charge in [-0.3, -0.25) is 9.36 Å². The molecule has 0 spiro atoms. The SMILES string of the molecule is CCOC(=O)C1=C(C)N=c2s/c(=C\c3ccc(OCc4ccc(C(=O)OCC)cc4)c(OC)c3)c(=O)n2[C@H]1c1ccc(OCC)cc1. The first-order chi connectivity index (χ1) is 22.8. The topological polar surface area (TPSA) is 115 Å². The van der Waals surface area contributed by atoms with Crippen molar-refractivity contribution in [1.82, 2.24) is 4.57 Å². The molecule has 0 radical (unpaired) electrons. The van der Waals surface area contributed by atoms with E-state index in [1.165, 1.54) is 11.3 Å². The molecule has 11 heteroatoms. The highest BCUT2D eigenvalue weighted by Gasteiger charge is 2.33. The molecule has 0 bridgehead atoms. The van der Waals surface area contributed by atoms with E-state index in [0.717, 1.165) is 16.7 Å². The zero-order valence-electron chi connectivity index (χ0n) is 26.9. The number of esters is 2. The fourth-order valence-corrected chi connectivity index (χ4v) is 6.22. The molecule has 0 aliphatic carbocycles. The fourth-order valence-electron chi connectivity index (χ4n) is 5.18. The molecule has 0 saturated heterocycles. The number of ether oxygens (including phenoxy) is 5. The molecule has 0 saturated carbocycles. The van der Waals surface area contributed by atoms with Gasteiger partial charge in [-0.15, -0.1) is 0 Å². The summed E-state index contributed by atoms with van der Waals surface area (Å²) in [5, 5.41) is 0. The standard InChI is InChI=1S/C36H36N2O8S/c1-6-43-27-16-14-25(15-17-27)32-31(35(41)45-8-3)22(4)37-36-38(32)33(39)30(47-36)20-24-11-18-28(29(19-24)42-5)46-21-23-9-12-26(13-10-23)34(40)44-7-2/h9-20,32H,6-8,21H2,1-5H3/b30-20-/t32-/m0/s1. The summed E-state index contributed by atoms with van der Waals surface area (Å²) in [4.78, 5) is 44.2. The lowest BCUT2D eigenvalue weighted by molar-refractivity contribution is -0.139. The van der Waals surface area contributed by atoms with E-state index < -0.39 is 12.0 Å². The van der Waals surface area contributed by atoms with Crippen LogP contribution in [0.25, 0.3) is 6.08 Å². The van der Waals surface area contributed by atoms with Gasteiger partial charge in [0.2, 0.25) is 0 Å². The van der Waals surface area contributed by atoms with Crippen LogP contribution in [0.5, 0.6) is 17.2 Å². The lowest BCUT2D eigenvalue weighted by Gasteiger charge is -2.24. The van der Waals surface area contributed by atoms with Crippen molar-refractivity contribution in [3.63, 3.8) is 0 Å². The van der Waals surface area contributed by atoms with Crippen molar-refractivity contribution in [3.8, 4) is 17.2 Å². The number of benzene rings is 3. The average Bonchev–Trinajstić information content (AvgIpc) is 3.37. The summed E-state index contributed by atoms with van der Waals surface area (Å²) in [5.74, 6) is 0.812. The van der Waals surface area contributed by atoms with Gasteiger partial charge in [-0.2, -0.15) is 0 Å². The molecule has 5 rings (SSSR count). The first-order valence-corrected chi connectivity index (χ1v) is 16.1. The van der Waals surface area contributed by atoms with Crippen LogP contribution in [-0.4, -0.2) is 43.4 Å². The maximum absolute atomic E-state index is 14.0. The number of hydrogen-bond donors (Lipinski definition) is 0. The number of allylic oxidation sites excluding steroid dienone is 1. The Balaban J connectivity index is 1.46. The normalized spacial score (nSPS) is 14.2. The van der Waals surface area contributed by atoms with E-state index in [-0.39, 0.29) is 24.7 Å². The minimum Gasteiger partial charge on any atom is -0.494 e. The maximum Gasteiger partial charge on any atom is 0.338 e. The summed E-state index contributed by atoms with van der Waals surface area (Å²) < 4.78 is 29.6. The lowest BCUT2D eigenvalue weighted by Crippen LogP contribution is -2.39. The first-order valence-electron chi connectivity index (χ1n) is 15.3. The Kier molecular flexibility index (Phi) is 10.6. The summed E-state index contributed by atoms with van der Waals surface area (Å²) in [6.07, 6.45) is 1.77. The summed E-state index contributed by atoms with van der Waals surface area (Å²) >= 11 is 1.24. The molecule has 1 aromatic heterocycles. The molecule has 47 heavy (non-hydrogen) atoms. The van der Waals surface area contributed by atoms with E-state index in [0.29, 0.717) is 56.6 Å². The van der Waals surface area contributed by atoms with Crippen molar-refractivity contribution in [1.29, 1.82) is 0 Å². The van der Waals surface area contributed by atoms with Gasteiger partial charge in [-0.05, 0) is 86.9 Å². The number of aromatic nitrogens is 1. The molecule has 1 atom stereocenters. The molecule has 0 N–H and O–H groups in total. The Morgan fingerprint density at radius 2 is 1.57 bits per heavy atom. The number of rotatable bonds is 12. The van der Waals surface area contributed by atoms with Crippen molar-refractivity contribution < 1.29 is 33.3 Å². The van der Waals surface area contributed by atoms with Crippen LogP contribution in [0.2, 0.25) is 0 Å². The van der Waals surface area contributed by atoms with E-state index in [4.69, 9.17) is 23.7 Å². The van der Waals surface area contributed by atoms with Crippen LogP contribution in [-0.2, 0) is 20.9 Å². The second-order valence-corrected chi connectivity index (χ2v) is 11.4. The van der Waals surface area contributed by atoms with E-state index >= 15 is 0 Å². The van der Waals surface area contributed by atoms with Gasteiger partial charge in [0.25, 0.3) is 5.56 Å². The van der Waals surface area contributed by atoms with Crippen LogP contribution in [0.1, 0.15) is 60.8 Å². The predicted octanol–water partition coefficient (Wildman–Crippen LogP) is 4.96. The van der Waals surface area contributed by atoms with Crippen LogP contribution < -0.4 is 29.1 Å². The van der Waals surface area contributed by atoms with E-state index in [1.807, 2.05) is 49.4 Å². The van der Waals surface area contributed by atoms with Gasteiger partial charge in [-0.25, -0.2) is 14.6 Å². The maximum atomic E-state index is 14.0. The minimum atomic E-state index is -0.722. The molecule has 244 valence electrons. The number of carbonyl (C=O) groups excluding carboxylic acids is 2. The van der Waals surface area contributed by atoms with E-state index in [1.54, 1.807) is 62.8 Å². The van der Waals surface area contributed by atoms with Gasteiger partial charge in [0.15, 0.2) is 16.3 Å². The number of hydrogen-bond acceptors (Lipinski definition) is 10. The monoisotopic (exact) mass is 656 g/mol. The molecule has 2 heterocycles. The highest BCUT2D eigenvalue weighted by molar-refractivity contribution is 7.07. The van der Waals surface area contributed by atoms with Gasteiger partial charge in [0.05, 0.1) is 54.3 Å². The second kappa shape index (κ2) is 15.0. The molecule has 0 fully saturated rings. The van der Waals surface area contributed by atoms with Crippen LogP contribution in [0, 0.1) is 0 Å². The summed E-state index contributed by atoms with van der Waals surface area (Å²) in [7, 11) is 1.55. The van der Waals surface area contributed by atoms with Crippen molar-refractivity contribution >= 4 is 29.4 Å². The van der Waals surface area contributed by atoms with E-state index in [9.17, 15) is 14.4 Å². The largest absolute Gasteiger partial charge is 0.494 e. The Hall–Kier alpha value is -5.16. The number of carbonyl (C=O) groups is 2. The minimum absolute atomic E-state index is 0.194. The summed E-state index contributed by atoms with van der Waals surface area (Å²) in [6, 6.07) is 19.0. The van der Waals surface area contributed by atoms with E-state index in [2.05, 4.69) is 4.99 Å². The van der Waals surface area contributed by atoms with Crippen LogP contribution >= 0.6 is 11.3 Å². The molecule has 10 nitrogen and oxygen atoms in total. The number of nitrogens with zero attached hydrogens (tertiary/aromatic N) is 2. The third-order valence-corrected chi connectivity index (χ3v) is 8.35. The second-order valence-electron chi connectivity index (χ2n) is 10.4. The number of fused-ring (bicyclic) bond motifs is 1. The molecule has 4 aromatic rings. The molecular weight excluding hydrogens is 620 g/mol. The van der Waals surface area contributed by atoms with Crippen molar-refractivity contribution in [2.45, 2.75) is 40.3 Å². The molecule has 1 aliphatic rings. The van der Waals surface area contributed by atoms with Crippen LogP contribution in [0.4, 0.5) is 0 Å². The Morgan fingerprint density at radius 3 is 2.23 bits per heavy atom. The first kappa shape index (κ1) is 33.2. The third-order valence-electron chi connectivity index (χ3n) is 7.37. The molecule has 0 amide bonds. The van der Waals surface area contributed by atoms with Crippen LogP contribution in [0.15, 0.2) is 87.8 Å². The van der Waals surface area contributed by atoms with Gasteiger partial charge in [-0.1, -0.05) is 41.7 Å². The van der Waals surface area contributed by atoms with Crippen molar-refractivity contribution in [2.24, 2.45) is 4.99 Å². The Labute approximate surface area is 276 Å². The highest BCUT2D eigenvalue weighted by atomic mass is 32.1. The molecular formula is C36H36N2O8S. The summed E-state index contributed by atoms with van der Waals surface area (Å²) in [6.45, 7) is 8.44. The molecule has 1 aliphatic heterocycles. The van der Waals surface area contributed by atoms with Gasteiger partial charge in [0, 0.05) is 0 Å². The number of thiazole rings is 1. The van der Waals surface area contributed by atoms with Crippen molar-refractivity contribution in [3.05, 3.63) is 120 Å². The quantitative estimate of drug-likeness (QED) is 0.197. The summed E-state index contributed by atoms with van der Waals surface area (Å²) in [5.41, 5.74) is 3.31. The lowest BCUT2D eigenvalue weighted by atomic mass is 9.96. The zero-order chi connectivity index (χ0) is 33.5. The molecule has 0 unspecified atom stereocenters. The van der Waals surface area contributed by atoms with Crippen LogP contribution in [0.3, 0.4) is 0 Å². The fraction of sp³-hybridized carbons (Fsp3) is 0.278. The van der Waals surface area contributed by atoms with Gasteiger partial charge in [0.1, 0.15) is 12.4 Å². The Morgan fingerprint density at radius 1 is 0.872 bits per heavy atom. The predicted molar refractivity (Wildman–Crippen MR) is 178 cm³/mol. The molecule has 3 aromatic carbocycles. The third kappa shape index (κ3) is 7.30. The highest BCUT2D eigenvalue weighted by Crippen LogP contribution is 2.32. The van der Waals surface area contributed by atoms with Gasteiger partial charge >= 0.3 is 11.9 Å².